The lowest BCUT2D eigenvalue weighted by Gasteiger charge is -2.03. The maximum absolute atomic E-state index is 13.3. The van der Waals surface area contributed by atoms with Gasteiger partial charge in [0.1, 0.15) is 11.5 Å². The van der Waals surface area contributed by atoms with Crippen LogP contribution < -0.4 is 11.5 Å². The quantitative estimate of drug-likeness (QED) is 0.503. The number of amidine groups is 1. The van der Waals surface area contributed by atoms with Crippen molar-refractivity contribution in [2.45, 2.75) is 0 Å². The zero-order chi connectivity index (χ0) is 18.0. The predicted molar refractivity (Wildman–Crippen MR) is 95.3 cm³/mol. The number of benzene rings is 2. The van der Waals surface area contributed by atoms with Crippen LogP contribution in [0.4, 0.5) is 8.78 Å². The van der Waals surface area contributed by atoms with Gasteiger partial charge in [0.2, 0.25) is 0 Å². The highest BCUT2D eigenvalue weighted by molar-refractivity contribution is 6.00. The second kappa shape index (κ2) is 6.56. The number of aliphatic imine (C=N–C) groups is 1. The molecule has 0 atom stereocenters. The normalized spacial score (nSPS) is 12.6. The Labute approximate surface area is 142 Å². The molecule has 5 nitrogen and oxygen atoms in total. The van der Waals surface area contributed by atoms with Crippen LogP contribution in [0.2, 0.25) is 0 Å². The summed E-state index contributed by atoms with van der Waals surface area (Å²) in [4.78, 5) is 11.6. The van der Waals surface area contributed by atoms with E-state index in [1.165, 1.54) is 12.1 Å². The number of fused-ring (bicyclic) bond motifs is 1. The van der Waals surface area contributed by atoms with Crippen molar-refractivity contribution in [3.8, 4) is 0 Å². The zero-order valence-corrected chi connectivity index (χ0v) is 13.1. The SMILES string of the molecule is C=C(N=C(N)/C=C(\N)c1ccc(F)c(F)c1)c1nc2ccccc2[nH]1. The highest BCUT2D eigenvalue weighted by Crippen LogP contribution is 2.17. The Hall–Kier alpha value is -3.48. The molecule has 25 heavy (non-hydrogen) atoms. The van der Waals surface area contributed by atoms with Crippen molar-refractivity contribution >= 4 is 28.3 Å². The molecule has 0 aliphatic rings. The number of nitrogens with one attached hydrogen (secondary N) is 1. The van der Waals surface area contributed by atoms with Crippen LogP contribution in [0.15, 0.2) is 60.1 Å². The van der Waals surface area contributed by atoms with E-state index in [2.05, 4.69) is 21.5 Å². The van der Waals surface area contributed by atoms with Crippen LogP contribution in [0, 0.1) is 11.6 Å². The molecular formula is C18H15F2N5. The van der Waals surface area contributed by atoms with E-state index in [9.17, 15) is 8.78 Å². The molecule has 0 unspecified atom stereocenters. The van der Waals surface area contributed by atoms with E-state index in [1.54, 1.807) is 0 Å². The van der Waals surface area contributed by atoms with E-state index < -0.39 is 11.6 Å². The molecule has 2 aromatic carbocycles. The first-order valence-electron chi connectivity index (χ1n) is 7.35. The molecule has 126 valence electrons. The van der Waals surface area contributed by atoms with E-state index in [0.29, 0.717) is 17.1 Å². The van der Waals surface area contributed by atoms with Gasteiger partial charge in [0, 0.05) is 17.3 Å². The van der Waals surface area contributed by atoms with E-state index in [1.807, 2.05) is 24.3 Å². The summed E-state index contributed by atoms with van der Waals surface area (Å²) in [6.45, 7) is 3.83. The number of nitrogens with two attached hydrogens (primary N) is 2. The first kappa shape index (κ1) is 16.4. The lowest BCUT2D eigenvalue weighted by molar-refractivity contribution is 0.508. The Morgan fingerprint density at radius 3 is 2.60 bits per heavy atom. The van der Waals surface area contributed by atoms with Crippen LogP contribution in [-0.4, -0.2) is 15.8 Å². The summed E-state index contributed by atoms with van der Waals surface area (Å²) in [5.41, 5.74) is 14.1. The largest absolute Gasteiger partial charge is 0.398 e. The fourth-order valence-electron chi connectivity index (χ4n) is 2.25. The molecule has 0 radical (unpaired) electrons. The Morgan fingerprint density at radius 1 is 1.12 bits per heavy atom. The van der Waals surface area contributed by atoms with Gasteiger partial charge in [-0.25, -0.2) is 18.8 Å². The molecule has 3 aromatic rings. The van der Waals surface area contributed by atoms with Crippen LogP contribution >= 0.6 is 0 Å². The van der Waals surface area contributed by atoms with Gasteiger partial charge in [0.15, 0.2) is 17.5 Å². The van der Waals surface area contributed by atoms with Crippen molar-refractivity contribution in [3.05, 3.63) is 78.1 Å². The Kier molecular flexibility index (Phi) is 4.30. The molecule has 0 aliphatic heterocycles. The number of rotatable bonds is 4. The van der Waals surface area contributed by atoms with Gasteiger partial charge in [-0.3, -0.25) is 0 Å². The summed E-state index contributed by atoms with van der Waals surface area (Å²) < 4.78 is 26.2. The third-order valence-electron chi connectivity index (χ3n) is 3.48. The second-order valence-corrected chi connectivity index (χ2v) is 5.31. The number of aromatic amines is 1. The topological polar surface area (TPSA) is 93.1 Å². The Bertz CT molecular complexity index is 984. The van der Waals surface area contributed by atoms with Crippen LogP contribution in [0.1, 0.15) is 11.4 Å². The van der Waals surface area contributed by atoms with Crippen LogP contribution in [0.3, 0.4) is 0 Å². The second-order valence-electron chi connectivity index (χ2n) is 5.31. The number of hydrogen-bond acceptors (Lipinski definition) is 3. The van der Waals surface area contributed by atoms with Crippen molar-refractivity contribution in [2.24, 2.45) is 16.5 Å². The average molecular weight is 339 g/mol. The predicted octanol–water partition coefficient (Wildman–Crippen LogP) is 3.17. The van der Waals surface area contributed by atoms with E-state index >= 15 is 0 Å². The first-order chi connectivity index (χ1) is 11.9. The van der Waals surface area contributed by atoms with Crippen molar-refractivity contribution < 1.29 is 8.78 Å². The third kappa shape index (κ3) is 3.55. The van der Waals surface area contributed by atoms with E-state index in [0.717, 1.165) is 23.2 Å². The molecule has 0 saturated heterocycles. The molecular weight excluding hydrogens is 324 g/mol. The van der Waals surface area contributed by atoms with Gasteiger partial charge in [0.25, 0.3) is 0 Å². The number of imidazole rings is 1. The van der Waals surface area contributed by atoms with Crippen molar-refractivity contribution in [2.75, 3.05) is 0 Å². The lowest BCUT2D eigenvalue weighted by Crippen LogP contribution is -2.11. The Balaban J connectivity index is 1.84. The van der Waals surface area contributed by atoms with Crippen LogP contribution in [0.25, 0.3) is 22.4 Å². The van der Waals surface area contributed by atoms with Gasteiger partial charge >= 0.3 is 0 Å². The summed E-state index contributed by atoms with van der Waals surface area (Å²) in [6.07, 6.45) is 1.35. The monoisotopic (exact) mass is 339 g/mol. The van der Waals surface area contributed by atoms with Gasteiger partial charge in [-0.15, -0.1) is 0 Å². The van der Waals surface area contributed by atoms with Crippen molar-refractivity contribution in [1.82, 2.24) is 9.97 Å². The molecule has 3 rings (SSSR count). The number of hydrogen-bond donors (Lipinski definition) is 3. The number of H-pyrrole nitrogens is 1. The highest BCUT2D eigenvalue weighted by Gasteiger charge is 2.07. The van der Waals surface area contributed by atoms with Gasteiger partial charge in [-0.05, 0) is 30.3 Å². The van der Waals surface area contributed by atoms with Gasteiger partial charge in [-0.1, -0.05) is 18.7 Å². The minimum atomic E-state index is -0.990. The highest BCUT2D eigenvalue weighted by atomic mass is 19.2. The fourth-order valence-corrected chi connectivity index (χ4v) is 2.25. The maximum atomic E-state index is 13.3. The Morgan fingerprint density at radius 2 is 1.88 bits per heavy atom. The molecule has 0 spiro atoms. The molecule has 1 heterocycles. The molecule has 0 bridgehead atoms. The summed E-state index contributed by atoms with van der Waals surface area (Å²) >= 11 is 0. The van der Waals surface area contributed by atoms with Gasteiger partial charge in [-0.2, -0.15) is 0 Å². The fraction of sp³-hybridized carbons (Fsp3) is 0. The van der Waals surface area contributed by atoms with Gasteiger partial charge < -0.3 is 16.5 Å². The van der Waals surface area contributed by atoms with E-state index in [4.69, 9.17) is 11.5 Å². The maximum Gasteiger partial charge on any atom is 0.159 e. The number of halogens is 2. The van der Waals surface area contributed by atoms with Crippen molar-refractivity contribution in [1.29, 1.82) is 0 Å². The number of aromatic nitrogens is 2. The molecule has 0 amide bonds. The van der Waals surface area contributed by atoms with E-state index in [-0.39, 0.29) is 11.5 Å². The number of para-hydroxylation sites is 2. The summed E-state index contributed by atoms with van der Waals surface area (Å²) in [5.74, 6) is -1.40. The molecule has 5 N–H and O–H groups in total. The average Bonchev–Trinajstić information content (AvgIpc) is 3.01. The van der Waals surface area contributed by atoms with Crippen LogP contribution in [0.5, 0.6) is 0 Å². The molecule has 0 saturated carbocycles. The molecule has 0 fully saturated rings. The number of nitrogens with zero attached hydrogens (tertiary/aromatic N) is 2. The molecule has 1 aromatic heterocycles. The third-order valence-corrected chi connectivity index (χ3v) is 3.48. The minimum absolute atomic E-state index is 0.0627. The van der Waals surface area contributed by atoms with Gasteiger partial charge in [0.05, 0.1) is 11.0 Å². The standard InChI is InChI=1S/C18H15F2N5/c1-10(18-24-15-4-2-3-5-16(15)25-18)23-17(22)9-14(21)11-6-7-12(19)13(20)8-11/h2-9H,1,21H2,(H2,22,23)(H,24,25)/b14-9-. The summed E-state index contributed by atoms with van der Waals surface area (Å²) in [7, 11) is 0. The van der Waals surface area contributed by atoms with Crippen LogP contribution in [-0.2, 0) is 0 Å². The summed E-state index contributed by atoms with van der Waals surface area (Å²) in [5, 5.41) is 0. The first-order valence-corrected chi connectivity index (χ1v) is 7.35. The summed E-state index contributed by atoms with van der Waals surface area (Å²) in [6, 6.07) is 10.8. The zero-order valence-electron chi connectivity index (χ0n) is 13.1. The smallest absolute Gasteiger partial charge is 0.159 e. The molecule has 0 aliphatic carbocycles. The van der Waals surface area contributed by atoms with Crippen molar-refractivity contribution in [3.63, 3.8) is 0 Å². The lowest BCUT2D eigenvalue weighted by atomic mass is 10.1. The minimum Gasteiger partial charge on any atom is -0.398 e. The molecule has 7 heteroatoms.